The summed E-state index contributed by atoms with van der Waals surface area (Å²) in [5.41, 5.74) is 2.26. The van der Waals surface area contributed by atoms with Crippen LogP contribution in [0.4, 0.5) is 0 Å². The van der Waals surface area contributed by atoms with E-state index in [1.54, 1.807) is 12.4 Å². The number of nitrogens with zero attached hydrogens (tertiary/aromatic N) is 3. The molecule has 2 aromatic heterocycles. The van der Waals surface area contributed by atoms with Crippen LogP contribution in [-0.2, 0) is 13.5 Å². The molecule has 96 valence electrons. The molecule has 5 heteroatoms. The van der Waals surface area contributed by atoms with Gasteiger partial charge in [-0.1, -0.05) is 17.7 Å². The number of aryl methyl sites for hydroxylation is 2. The Bertz CT molecular complexity index is 475. The van der Waals surface area contributed by atoms with Gasteiger partial charge in [0.15, 0.2) is 0 Å². The minimum absolute atomic E-state index is 0.199. The van der Waals surface area contributed by atoms with Crippen LogP contribution in [0.25, 0.3) is 0 Å². The van der Waals surface area contributed by atoms with Gasteiger partial charge in [-0.15, -0.1) is 0 Å². The third-order valence-corrected chi connectivity index (χ3v) is 3.35. The molecule has 18 heavy (non-hydrogen) atoms. The SMILES string of the molecule is CNC(CCc1cccnc1)c1c(Cl)cnn1C. The molecule has 0 aliphatic heterocycles. The van der Waals surface area contributed by atoms with Gasteiger partial charge in [-0.2, -0.15) is 5.10 Å². The summed E-state index contributed by atoms with van der Waals surface area (Å²) in [5.74, 6) is 0. The highest BCUT2D eigenvalue weighted by Crippen LogP contribution is 2.25. The number of halogens is 1. The highest BCUT2D eigenvalue weighted by Gasteiger charge is 2.17. The zero-order chi connectivity index (χ0) is 13.0. The van der Waals surface area contributed by atoms with Crippen LogP contribution >= 0.6 is 11.6 Å². The average Bonchev–Trinajstić information content (AvgIpc) is 2.73. The molecule has 0 bridgehead atoms. The second-order valence-corrected chi connectivity index (χ2v) is 4.65. The van der Waals surface area contributed by atoms with E-state index in [0.717, 1.165) is 18.5 Å². The van der Waals surface area contributed by atoms with E-state index < -0.39 is 0 Å². The Kier molecular flexibility index (Phi) is 4.33. The molecule has 4 nitrogen and oxygen atoms in total. The van der Waals surface area contributed by atoms with E-state index in [1.165, 1.54) is 5.56 Å². The predicted octanol–water partition coefficient (Wildman–Crippen LogP) is 2.36. The van der Waals surface area contributed by atoms with Gasteiger partial charge in [-0.25, -0.2) is 0 Å². The highest BCUT2D eigenvalue weighted by atomic mass is 35.5. The van der Waals surface area contributed by atoms with Gasteiger partial charge in [0, 0.05) is 19.4 Å². The van der Waals surface area contributed by atoms with E-state index in [2.05, 4.69) is 21.5 Å². The Balaban J connectivity index is 2.07. The minimum Gasteiger partial charge on any atom is -0.312 e. The molecule has 0 aromatic carbocycles. The molecule has 1 atom stereocenters. The van der Waals surface area contributed by atoms with Crippen LogP contribution < -0.4 is 5.32 Å². The first-order valence-electron chi connectivity index (χ1n) is 5.96. The molecule has 0 fully saturated rings. The average molecular weight is 265 g/mol. The van der Waals surface area contributed by atoms with Crippen molar-refractivity contribution < 1.29 is 0 Å². The zero-order valence-electron chi connectivity index (χ0n) is 10.6. The molecule has 0 saturated carbocycles. The topological polar surface area (TPSA) is 42.7 Å². The molecule has 0 spiro atoms. The fourth-order valence-corrected chi connectivity index (χ4v) is 2.38. The lowest BCUT2D eigenvalue weighted by Gasteiger charge is -2.17. The van der Waals surface area contributed by atoms with Crippen molar-refractivity contribution in [1.82, 2.24) is 20.1 Å². The first-order valence-corrected chi connectivity index (χ1v) is 6.33. The van der Waals surface area contributed by atoms with Crippen molar-refractivity contribution in [2.75, 3.05) is 7.05 Å². The van der Waals surface area contributed by atoms with Gasteiger partial charge in [-0.3, -0.25) is 9.67 Å². The lowest BCUT2D eigenvalue weighted by Crippen LogP contribution is -2.20. The second kappa shape index (κ2) is 5.98. The number of aromatic nitrogens is 3. The molecule has 2 rings (SSSR count). The molecule has 2 aromatic rings. The molecular weight excluding hydrogens is 248 g/mol. The largest absolute Gasteiger partial charge is 0.312 e. The van der Waals surface area contributed by atoms with Crippen LogP contribution in [0.2, 0.25) is 5.02 Å². The van der Waals surface area contributed by atoms with Gasteiger partial charge >= 0.3 is 0 Å². The molecule has 2 heterocycles. The van der Waals surface area contributed by atoms with Crippen LogP contribution in [-0.4, -0.2) is 21.8 Å². The second-order valence-electron chi connectivity index (χ2n) is 4.24. The highest BCUT2D eigenvalue weighted by molar-refractivity contribution is 6.31. The maximum absolute atomic E-state index is 6.16. The summed E-state index contributed by atoms with van der Waals surface area (Å²) in [6.45, 7) is 0. The lowest BCUT2D eigenvalue weighted by atomic mass is 10.0. The zero-order valence-corrected chi connectivity index (χ0v) is 11.4. The molecular formula is C13H17ClN4. The standard InChI is InChI=1S/C13H17ClN4/c1-15-12(13-11(14)9-17-18(13)2)6-5-10-4-3-7-16-8-10/h3-4,7-9,12,15H,5-6H2,1-2H3. The van der Waals surface area contributed by atoms with E-state index in [0.29, 0.717) is 5.02 Å². The summed E-state index contributed by atoms with van der Waals surface area (Å²) in [4.78, 5) is 4.12. The van der Waals surface area contributed by atoms with Gasteiger partial charge in [-0.05, 0) is 31.5 Å². The molecule has 1 unspecified atom stereocenters. The fourth-order valence-electron chi connectivity index (χ4n) is 2.09. The van der Waals surface area contributed by atoms with Gasteiger partial charge in [0.25, 0.3) is 0 Å². The Morgan fingerprint density at radius 1 is 1.44 bits per heavy atom. The van der Waals surface area contributed by atoms with E-state index in [4.69, 9.17) is 11.6 Å². The molecule has 0 aliphatic rings. The quantitative estimate of drug-likeness (QED) is 0.902. The maximum atomic E-state index is 6.16. The summed E-state index contributed by atoms with van der Waals surface area (Å²) >= 11 is 6.16. The normalized spacial score (nSPS) is 12.6. The Labute approximate surface area is 112 Å². The third kappa shape index (κ3) is 2.89. The Morgan fingerprint density at radius 2 is 2.28 bits per heavy atom. The van der Waals surface area contributed by atoms with Gasteiger partial charge in [0.2, 0.25) is 0 Å². The number of rotatable bonds is 5. The Hall–Kier alpha value is -1.39. The number of nitrogens with one attached hydrogen (secondary N) is 1. The van der Waals surface area contributed by atoms with Crippen LogP contribution in [0.15, 0.2) is 30.7 Å². The summed E-state index contributed by atoms with van der Waals surface area (Å²) in [5, 5.41) is 8.17. The first-order chi connectivity index (χ1) is 8.72. The van der Waals surface area contributed by atoms with Crippen molar-refractivity contribution in [3.63, 3.8) is 0 Å². The van der Waals surface area contributed by atoms with Crippen molar-refractivity contribution >= 4 is 11.6 Å². The molecule has 0 amide bonds. The van der Waals surface area contributed by atoms with Crippen molar-refractivity contribution in [3.8, 4) is 0 Å². The summed E-state index contributed by atoms with van der Waals surface area (Å²) in [6, 6.07) is 4.25. The number of pyridine rings is 1. The Morgan fingerprint density at radius 3 is 2.83 bits per heavy atom. The van der Waals surface area contributed by atoms with Crippen LogP contribution in [0.1, 0.15) is 23.7 Å². The van der Waals surface area contributed by atoms with E-state index in [1.807, 2.05) is 31.0 Å². The van der Waals surface area contributed by atoms with Crippen molar-refractivity contribution in [2.24, 2.45) is 7.05 Å². The monoisotopic (exact) mass is 264 g/mol. The van der Waals surface area contributed by atoms with Crippen molar-refractivity contribution in [2.45, 2.75) is 18.9 Å². The van der Waals surface area contributed by atoms with E-state index >= 15 is 0 Å². The van der Waals surface area contributed by atoms with Crippen LogP contribution in [0, 0.1) is 0 Å². The minimum atomic E-state index is 0.199. The molecule has 0 saturated heterocycles. The van der Waals surface area contributed by atoms with Crippen LogP contribution in [0.5, 0.6) is 0 Å². The summed E-state index contributed by atoms with van der Waals surface area (Å²) in [6.07, 6.45) is 7.29. The van der Waals surface area contributed by atoms with Crippen LogP contribution in [0.3, 0.4) is 0 Å². The smallest absolute Gasteiger partial charge is 0.0833 e. The van der Waals surface area contributed by atoms with E-state index in [9.17, 15) is 0 Å². The number of hydrogen-bond acceptors (Lipinski definition) is 3. The van der Waals surface area contributed by atoms with Gasteiger partial charge in [0.05, 0.1) is 23.0 Å². The molecule has 0 radical (unpaired) electrons. The van der Waals surface area contributed by atoms with Gasteiger partial charge < -0.3 is 5.32 Å². The maximum Gasteiger partial charge on any atom is 0.0833 e. The molecule has 1 N–H and O–H groups in total. The molecule has 0 aliphatic carbocycles. The van der Waals surface area contributed by atoms with Crippen molar-refractivity contribution in [1.29, 1.82) is 0 Å². The van der Waals surface area contributed by atoms with Crippen molar-refractivity contribution in [3.05, 3.63) is 47.0 Å². The number of hydrogen-bond donors (Lipinski definition) is 1. The third-order valence-electron chi connectivity index (χ3n) is 3.06. The first kappa shape index (κ1) is 13.1. The lowest BCUT2D eigenvalue weighted by molar-refractivity contribution is 0.506. The summed E-state index contributed by atoms with van der Waals surface area (Å²) < 4.78 is 1.83. The van der Waals surface area contributed by atoms with Gasteiger partial charge in [0.1, 0.15) is 0 Å². The fraction of sp³-hybridized carbons (Fsp3) is 0.385. The summed E-state index contributed by atoms with van der Waals surface area (Å²) in [7, 11) is 3.85. The van der Waals surface area contributed by atoms with E-state index in [-0.39, 0.29) is 6.04 Å². The predicted molar refractivity (Wildman–Crippen MR) is 72.6 cm³/mol.